The van der Waals surface area contributed by atoms with Crippen LogP contribution in [0.15, 0.2) is 78.4 Å². The van der Waals surface area contributed by atoms with Gasteiger partial charge in [-0.1, -0.05) is 66.2 Å². The fraction of sp³-hybridized carbons (Fsp3) is 0.185. The van der Waals surface area contributed by atoms with Crippen LogP contribution in [0.25, 0.3) is 5.70 Å². The second-order valence-corrected chi connectivity index (χ2v) is 8.51. The van der Waals surface area contributed by atoms with Crippen LogP contribution in [-0.2, 0) is 16.1 Å². The maximum Gasteiger partial charge on any atom is 0.338 e. The van der Waals surface area contributed by atoms with Gasteiger partial charge in [-0.05, 0) is 48.5 Å². The second kappa shape index (κ2) is 11.3. The van der Waals surface area contributed by atoms with E-state index in [1.165, 1.54) is 7.11 Å². The maximum absolute atomic E-state index is 12.9. The molecule has 6 nitrogen and oxygen atoms in total. The zero-order valence-electron chi connectivity index (χ0n) is 19.3. The monoisotopic (exact) mass is 508 g/mol. The molecule has 1 heterocycles. The van der Waals surface area contributed by atoms with Gasteiger partial charge in [-0.2, -0.15) is 0 Å². The number of rotatable bonds is 8. The van der Waals surface area contributed by atoms with Crippen molar-refractivity contribution in [3.8, 4) is 11.5 Å². The van der Waals surface area contributed by atoms with Crippen molar-refractivity contribution < 1.29 is 19.0 Å². The Morgan fingerprint density at radius 2 is 1.74 bits per heavy atom. The van der Waals surface area contributed by atoms with Crippen LogP contribution in [0.1, 0.15) is 29.7 Å². The van der Waals surface area contributed by atoms with Crippen molar-refractivity contribution >= 4 is 40.6 Å². The third kappa shape index (κ3) is 5.58. The molecule has 1 atom stereocenters. The molecule has 180 valence electrons. The highest BCUT2D eigenvalue weighted by molar-refractivity contribution is 7.80. The van der Waals surface area contributed by atoms with Crippen LogP contribution < -0.4 is 20.1 Å². The van der Waals surface area contributed by atoms with Crippen molar-refractivity contribution in [2.24, 2.45) is 0 Å². The van der Waals surface area contributed by atoms with E-state index in [1.807, 2.05) is 79.7 Å². The number of nitrogens with one attached hydrogen (secondary N) is 2. The summed E-state index contributed by atoms with van der Waals surface area (Å²) in [4.78, 5) is 12.9. The standard InChI is InChI=1S/C27H25ClN2O4S/c1-3-33-22-15-18(13-14-21(22)34-16-19-11-7-8-12-20(19)28)25-23(26(31)32-2)24(29-27(35)30-25)17-9-5-4-6-10-17/h4-15,25H,3,16H2,1-2H3,(H2,29,30,35)/t25-/m1/s1. The number of halogens is 1. The highest BCUT2D eigenvalue weighted by atomic mass is 35.5. The van der Waals surface area contributed by atoms with Crippen molar-refractivity contribution in [3.63, 3.8) is 0 Å². The average molecular weight is 509 g/mol. The molecule has 3 aromatic rings. The van der Waals surface area contributed by atoms with Gasteiger partial charge in [-0.25, -0.2) is 4.79 Å². The first-order chi connectivity index (χ1) is 17.0. The molecule has 0 aromatic heterocycles. The number of hydrogen-bond acceptors (Lipinski definition) is 5. The molecule has 0 bridgehead atoms. The van der Waals surface area contributed by atoms with E-state index >= 15 is 0 Å². The molecule has 1 aliphatic heterocycles. The van der Waals surface area contributed by atoms with E-state index in [0.717, 1.165) is 16.7 Å². The minimum absolute atomic E-state index is 0.292. The van der Waals surface area contributed by atoms with E-state index in [4.69, 9.17) is 38.0 Å². The molecule has 0 saturated carbocycles. The SMILES string of the molecule is CCOc1cc([C@H]2NC(=S)NC(c3ccccc3)=C2C(=O)OC)ccc1OCc1ccccc1Cl. The average Bonchev–Trinajstić information content (AvgIpc) is 2.88. The normalized spacial score (nSPS) is 15.2. The van der Waals surface area contributed by atoms with Gasteiger partial charge in [0, 0.05) is 10.6 Å². The molecule has 35 heavy (non-hydrogen) atoms. The van der Waals surface area contributed by atoms with E-state index in [1.54, 1.807) is 0 Å². The Morgan fingerprint density at radius 1 is 1.00 bits per heavy atom. The quantitative estimate of drug-likeness (QED) is 0.311. The lowest BCUT2D eigenvalue weighted by atomic mass is 9.92. The van der Waals surface area contributed by atoms with E-state index in [-0.39, 0.29) is 0 Å². The lowest BCUT2D eigenvalue weighted by Crippen LogP contribution is -2.45. The van der Waals surface area contributed by atoms with Crippen LogP contribution in [0.4, 0.5) is 0 Å². The summed E-state index contributed by atoms with van der Waals surface area (Å²) in [6.45, 7) is 2.63. The fourth-order valence-corrected chi connectivity index (χ4v) is 4.25. The molecule has 0 amide bonds. The van der Waals surface area contributed by atoms with Crippen molar-refractivity contribution in [3.05, 3.63) is 100 Å². The Hall–Kier alpha value is -3.55. The van der Waals surface area contributed by atoms with Crippen LogP contribution in [0.5, 0.6) is 11.5 Å². The molecule has 8 heteroatoms. The van der Waals surface area contributed by atoms with Gasteiger partial charge in [0.05, 0.1) is 31.0 Å². The lowest BCUT2D eigenvalue weighted by Gasteiger charge is -2.31. The van der Waals surface area contributed by atoms with Gasteiger partial charge in [-0.15, -0.1) is 0 Å². The zero-order valence-corrected chi connectivity index (χ0v) is 20.9. The van der Waals surface area contributed by atoms with E-state index < -0.39 is 12.0 Å². The van der Waals surface area contributed by atoms with Gasteiger partial charge >= 0.3 is 5.97 Å². The highest BCUT2D eigenvalue weighted by Gasteiger charge is 2.33. The third-order valence-electron chi connectivity index (χ3n) is 5.48. The van der Waals surface area contributed by atoms with Crippen LogP contribution in [0, 0.1) is 0 Å². The second-order valence-electron chi connectivity index (χ2n) is 7.70. The van der Waals surface area contributed by atoms with Gasteiger partial charge in [-0.3, -0.25) is 0 Å². The van der Waals surface area contributed by atoms with Crippen molar-refractivity contribution in [2.75, 3.05) is 13.7 Å². The van der Waals surface area contributed by atoms with E-state index in [9.17, 15) is 4.79 Å². The molecule has 0 aliphatic carbocycles. The molecular formula is C27H25ClN2O4S. The summed E-state index contributed by atoms with van der Waals surface area (Å²) in [5.41, 5.74) is 3.49. The number of carbonyl (C=O) groups excluding carboxylic acids is 1. The molecular weight excluding hydrogens is 484 g/mol. The molecule has 0 saturated heterocycles. The Labute approximate surface area is 214 Å². The van der Waals surface area contributed by atoms with Crippen LogP contribution >= 0.6 is 23.8 Å². The predicted molar refractivity (Wildman–Crippen MR) is 140 cm³/mol. The number of esters is 1. The minimum Gasteiger partial charge on any atom is -0.490 e. The fourth-order valence-electron chi connectivity index (χ4n) is 3.84. The van der Waals surface area contributed by atoms with Gasteiger partial charge in [0.25, 0.3) is 0 Å². The van der Waals surface area contributed by atoms with Crippen molar-refractivity contribution in [1.82, 2.24) is 10.6 Å². The third-order valence-corrected chi connectivity index (χ3v) is 6.07. The largest absolute Gasteiger partial charge is 0.490 e. The van der Waals surface area contributed by atoms with Crippen LogP contribution in [0.2, 0.25) is 5.02 Å². The molecule has 0 unspecified atom stereocenters. The Morgan fingerprint density at radius 3 is 2.46 bits per heavy atom. The molecule has 1 aliphatic rings. The molecule has 3 aromatic carbocycles. The summed E-state index contributed by atoms with van der Waals surface area (Å²) in [5.74, 6) is 0.654. The zero-order chi connectivity index (χ0) is 24.8. The van der Waals surface area contributed by atoms with Crippen molar-refractivity contribution in [1.29, 1.82) is 0 Å². The number of thiocarbonyl (C=S) groups is 1. The van der Waals surface area contributed by atoms with E-state index in [0.29, 0.717) is 46.1 Å². The van der Waals surface area contributed by atoms with Gasteiger partial charge in [0.1, 0.15) is 6.61 Å². The highest BCUT2D eigenvalue weighted by Crippen LogP contribution is 2.37. The summed E-state index contributed by atoms with van der Waals surface area (Å²) in [7, 11) is 1.36. The molecule has 2 N–H and O–H groups in total. The summed E-state index contributed by atoms with van der Waals surface area (Å²) in [6.07, 6.45) is 0. The first-order valence-electron chi connectivity index (χ1n) is 11.1. The lowest BCUT2D eigenvalue weighted by molar-refractivity contribution is -0.136. The first kappa shape index (κ1) is 24.6. The maximum atomic E-state index is 12.9. The van der Waals surface area contributed by atoms with Gasteiger partial charge < -0.3 is 24.8 Å². The number of ether oxygens (including phenoxy) is 3. The molecule has 0 fully saturated rings. The summed E-state index contributed by atoms with van der Waals surface area (Å²) in [5, 5.41) is 7.36. The Balaban J connectivity index is 1.72. The van der Waals surface area contributed by atoms with E-state index in [2.05, 4.69) is 10.6 Å². The molecule has 0 radical (unpaired) electrons. The minimum atomic E-state index is -0.553. The smallest absolute Gasteiger partial charge is 0.338 e. The van der Waals surface area contributed by atoms with Gasteiger partial charge in [0.2, 0.25) is 0 Å². The topological polar surface area (TPSA) is 68.8 Å². The summed E-state index contributed by atoms with van der Waals surface area (Å²) < 4.78 is 17.1. The summed E-state index contributed by atoms with van der Waals surface area (Å²) in [6, 6.07) is 22.0. The predicted octanol–water partition coefficient (Wildman–Crippen LogP) is 5.42. The van der Waals surface area contributed by atoms with Crippen LogP contribution in [0.3, 0.4) is 0 Å². The Bertz CT molecular complexity index is 1260. The number of carbonyl (C=O) groups is 1. The van der Waals surface area contributed by atoms with Crippen LogP contribution in [-0.4, -0.2) is 24.8 Å². The number of methoxy groups -OCH3 is 1. The number of hydrogen-bond donors (Lipinski definition) is 2. The summed E-state index contributed by atoms with van der Waals surface area (Å²) >= 11 is 11.7. The Kier molecular flexibility index (Phi) is 7.90. The van der Waals surface area contributed by atoms with Crippen molar-refractivity contribution in [2.45, 2.75) is 19.6 Å². The number of benzene rings is 3. The van der Waals surface area contributed by atoms with Gasteiger partial charge in [0.15, 0.2) is 16.6 Å². The first-order valence-corrected chi connectivity index (χ1v) is 11.9. The molecule has 4 rings (SSSR count). The molecule has 0 spiro atoms.